The minimum absolute atomic E-state index is 0.558. The van der Waals surface area contributed by atoms with Gasteiger partial charge in [-0.1, -0.05) is 0 Å². The second-order valence-electron chi connectivity index (χ2n) is 6.12. The summed E-state index contributed by atoms with van der Waals surface area (Å²) in [6.45, 7) is 5.14. The van der Waals surface area contributed by atoms with Gasteiger partial charge in [0.05, 0.1) is 0 Å². The topological polar surface area (TPSA) is 374 Å². The summed E-state index contributed by atoms with van der Waals surface area (Å²) in [7, 11) is 0. The van der Waals surface area contributed by atoms with Gasteiger partial charge in [-0.15, -0.1) is 0 Å². The van der Waals surface area contributed by atoms with Crippen LogP contribution in [-0.4, -0.2) is 128 Å². The summed E-state index contributed by atoms with van der Waals surface area (Å²) in [6.07, 6.45) is 4.46. The van der Waals surface area contributed by atoms with Crippen LogP contribution < -0.4 is 22.1 Å². The van der Waals surface area contributed by atoms with Crippen molar-refractivity contribution in [2.24, 2.45) is 11.5 Å². The number of aliphatic carboxylic acids is 8. The maximum absolute atomic E-state index is 9.55. The number of nitrogens with two attached hydrogens (primary N) is 2. The van der Waals surface area contributed by atoms with E-state index in [1.54, 1.807) is 0 Å². The monoisotopic (exact) mass is 610 g/mol. The predicted molar refractivity (Wildman–Crippen MR) is 141 cm³/mol. The first-order valence-corrected chi connectivity index (χ1v) is 10.8. The van der Waals surface area contributed by atoms with E-state index in [4.69, 9.17) is 52.3 Å². The molecule has 0 heterocycles. The van der Waals surface area contributed by atoms with Crippen molar-refractivity contribution in [3.8, 4) is 0 Å². The maximum atomic E-state index is 9.55. The smallest absolute Gasteiger partial charge is 0.328 e. The molecule has 0 saturated carbocycles. The molecule has 42 heavy (non-hydrogen) atoms. The largest absolute Gasteiger partial charge is 0.478 e. The number of carboxylic acids is 8. The Morgan fingerprint density at radius 2 is 0.500 bits per heavy atom. The van der Waals surface area contributed by atoms with E-state index in [2.05, 4.69) is 10.6 Å². The summed E-state index contributed by atoms with van der Waals surface area (Å²) in [6, 6.07) is 0. The lowest BCUT2D eigenvalue weighted by Gasteiger charge is -2.03. The molecule has 0 amide bonds. The molecule has 0 saturated heterocycles. The van der Waals surface area contributed by atoms with E-state index >= 15 is 0 Å². The van der Waals surface area contributed by atoms with E-state index in [9.17, 15) is 38.4 Å². The van der Waals surface area contributed by atoms with Crippen LogP contribution in [0.15, 0.2) is 48.6 Å². The number of carboxylic acid groups (broad SMARTS) is 8. The fourth-order valence-corrected chi connectivity index (χ4v) is 1.20. The van der Waals surface area contributed by atoms with Gasteiger partial charge < -0.3 is 63.0 Å². The molecule has 14 N–H and O–H groups in total. The Morgan fingerprint density at radius 1 is 0.357 bits per heavy atom. The molecule has 0 rings (SSSR count). The van der Waals surface area contributed by atoms with Crippen LogP contribution in [0.4, 0.5) is 0 Å². The molecule has 20 nitrogen and oxygen atoms in total. The maximum Gasteiger partial charge on any atom is 0.328 e. The van der Waals surface area contributed by atoms with Crippen LogP contribution in [0.5, 0.6) is 0 Å². The van der Waals surface area contributed by atoms with Gasteiger partial charge >= 0.3 is 47.8 Å². The molecule has 0 aromatic carbocycles. The fraction of sp³-hybridized carbons (Fsp3) is 0.273. The summed E-state index contributed by atoms with van der Waals surface area (Å²) >= 11 is 0. The highest BCUT2D eigenvalue weighted by Crippen LogP contribution is 1.72. The number of carbonyl (C=O) groups is 8. The average Bonchev–Trinajstić information content (AvgIpc) is 2.87. The highest BCUT2D eigenvalue weighted by atomic mass is 16.4. The second kappa shape index (κ2) is 35.6. The van der Waals surface area contributed by atoms with E-state index in [0.717, 1.165) is 26.2 Å². The van der Waals surface area contributed by atoms with Crippen LogP contribution in [0.3, 0.4) is 0 Å². The van der Waals surface area contributed by atoms with Gasteiger partial charge in [0.2, 0.25) is 0 Å². The molecule has 0 aliphatic heterocycles. The van der Waals surface area contributed by atoms with E-state index < -0.39 is 47.8 Å². The SMILES string of the molecule is NCCNCCNCCN.O=C(O)/C=C\C(=O)O.O=C(O)/C=C\C(=O)O.O=C(O)/C=C\C(=O)O.O=C(O)/C=C\C(=O)O. The molecule has 0 bridgehead atoms. The molecule has 0 unspecified atom stereocenters. The Hall–Kier alpha value is -5.44. The molecule has 0 aromatic rings. The lowest BCUT2D eigenvalue weighted by atomic mass is 10.5. The van der Waals surface area contributed by atoms with Crippen LogP contribution in [0.1, 0.15) is 0 Å². The average molecular weight is 611 g/mol. The Balaban J connectivity index is -0.000000136. The van der Waals surface area contributed by atoms with Crippen molar-refractivity contribution >= 4 is 47.8 Å². The van der Waals surface area contributed by atoms with Crippen molar-refractivity contribution in [3.05, 3.63) is 48.6 Å². The van der Waals surface area contributed by atoms with Gasteiger partial charge in [-0.25, -0.2) is 38.4 Å². The van der Waals surface area contributed by atoms with E-state index in [0.29, 0.717) is 61.7 Å². The van der Waals surface area contributed by atoms with Gasteiger partial charge in [-0.05, 0) is 0 Å². The third-order valence-corrected chi connectivity index (χ3v) is 2.59. The minimum atomic E-state index is -1.26. The molecule has 0 spiro atoms. The quantitative estimate of drug-likeness (QED) is 0.0646. The molecule has 238 valence electrons. The predicted octanol–water partition coefficient (Wildman–Crippen LogP) is -3.07. The van der Waals surface area contributed by atoms with E-state index in [1.165, 1.54) is 0 Å². The first kappa shape index (κ1) is 46.4. The van der Waals surface area contributed by atoms with Gasteiger partial charge in [0.25, 0.3) is 0 Å². The van der Waals surface area contributed by atoms with Crippen LogP contribution in [0.2, 0.25) is 0 Å². The van der Waals surface area contributed by atoms with E-state index in [1.807, 2.05) is 0 Å². The minimum Gasteiger partial charge on any atom is -0.478 e. The summed E-state index contributed by atoms with van der Waals surface area (Å²) in [5.41, 5.74) is 10.5. The normalized spacial score (nSPS) is 9.67. The zero-order valence-corrected chi connectivity index (χ0v) is 21.9. The van der Waals surface area contributed by atoms with Crippen molar-refractivity contribution in [2.75, 3.05) is 39.3 Å². The third-order valence-electron chi connectivity index (χ3n) is 2.59. The first-order chi connectivity index (χ1) is 19.4. The lowest BCUT2D eigenvalue weighted by molar-refractivity contribution is -0.134. The Bertz CT molecular complexity index is 750. The van der Waals surface area contributed by atoms with Crippen molar-refractivity contribution < 1.29 is 79.2 Å². The van der Waals surface area contributed by atoms with Gasteiger partial charge in [0.15, 0.2) is 0 Å². The summed E-state index contributed by atoms with van der Waals surface area (Å²) in [5, 5.41) is 68.8. The summed E-state index contributed by atoms with van der Waals surface area (Å²) in [4.78, 5) is 76.4. The number of nitrogens with one attached hydrogen (secondary N) is 2. The van der Waals surface area contributed by atoms with Crippen LogP contribution in [-0.2, 0) is 38.4 Å². The van der Waals surface area contributed by atoms with Gasteiger partial charge in [0, 0.05) is 87.9 Å². The van der Waals surface area contributed by atoms with Gasteiger partial charge in [-0.3, -0.25) is 0 Å². The van der Waals surface area contributed by atoms with Crippen LogP contribution in [0.25, 0.3) is 0 Å². The molecule has 0 atom stereocenters. The van der Waals surface area contributed by atoms with Crippen LogP contribution in [0, 0.1) is 0 Å². The molecular formula is C22H34N4O16. The number of hydrogen-bond donors (Lipinski definition) is 12. The van der Waals surface area contributed by atoms with E-state index in [-0.39, 0.29) is 0 Å². The second-order valence-corrected chi connectivity index (χ2v) is 6.12. The van der Waals surface area contributed by atoms with Crippen molar-refractivity contribution in [3.63, 3.8) is 0 Å². The number of rotatable bonds is 15. The highest BCUT2D eigenvalue weighted by molar-refractivity contribution is 5.91. The Morgan fingerprint density at radius 3 is 0.595 bits per heavy atom. The highest BCUT2D eigenvalue weighted by Gasteiger charge is 1.90. The molecule has 0 aliphatic rings. The summed E-state index contributed by atoms with van der Waals surface area (Å²) in [5.74, 6) is -10.1. The standard InChI is InChI=1S/C6H18N4.4C4H4O4/c7-1-3-9-5-6-10-4-2-8;4*5-3(6)1-2-4(7)8/h9-10H,1-8H2;4*1-2H,(H,5,6)(H,7,8)/b;4*2-1-. The number of hydrogen-bond acceptors (Lipinski definition) is 12. The molecule has 0 aliphatic carbocycles. The molecule has 0 radical (unpaired) electrons. The first-order valence-electron chi connectivity index (χ1n) is 10.8. The van der Waals surface area contributed by atoms with Crippen LogP contribution >= 0.6 is 0 Å². The molecule has 20 heteroatoms. The summed E-state index contributed by atoms with van der Waals surface area (Å²) < 4.78 is 0. The zero-order chi connectivity index (χ0) is 33.9. The van der Waals surface area contributed by atoms with Crippen molar-refractivity contribution in [1.82, 2.24) is 10.6 Å². The fourth-order valence-electron chi connectivity index (χ4n) is 1.20. The molecular weight excluding hydrogens is 576 g/mol. The zero-order valence-electron chi connectivity index (χ0n) is 21.9. The molecule has 0 fully saturated rings. The van der Waals surface area contributed by atoms with Crippen molar-refractivity contribution in [2.45, 2.75) is 0 Å². The molecule has 0 aromatic heterocycles. The Kier molecular flexibility index (Phi) is 39.3. The van der Waals surface area contributed by atoms with Gasteiger partial charge in [-0.2, -0.15) is 0 Å². The van der Waals surface area contributed by atoms with Gasteiger partial charge in [0.1, 0.15) is 0 Å². The van der Waals surface area contributed by atoms with Crippen molar-refractivity contribution in [1.29, 1.82) is 0 Å². The lowest BCUT2D eigenvalue weighted by Crippen LogP contribution is -2.32. The third kappa shape index (κ3) is 83.7. The Labute approximate surface area is 237 Å².